The first-order valence-electron chi connectivity index (χ1n) is 5.54. The monoisotopic (exact) mass is 261 g/mol. The van der Waals surface area contributed by atoms with Crippen molar-refractivity contribution in [2.45, 2.75) is 18.3 Å². The van der Waals surface area contributed by atoms with Crippen LogP contribution in [0.25, 0.3) is 0 Å². The van der Waals surface area contributed by atoms with Gasteiger partial charge in [0.2, 0.25) is 0 Å². The third-order valence-corrected chi connectivity index (χ3v) is 2.89. The van der Waals surface area contributed by atoms with E-state index in [0.29, 0.717) is 12.4 Å². The van der Waals surface area contributed by atoms with Crippen molar-refractivity contribution in [3.63, 3.8) is 0 Å². The Hall–Kier alpha value is -1.34. The molecule has 0 saturated carbocycles. The van der Waals surface area contributed by atoms with E-state index in [2.05, 4.69) is 15.6 Å². The van der Waals surface area contributed by atoms with Crippen LogP contribution in [-0.2, 0) is 10.9 Å². The lowest BCUT2D eigenvalue weighted by atomic mass is 10.2. The first kappa shape index (κ1) is 13.1. The molecule has 2 heterocycles. The smallest absolute Gasteiger partial charge is 0.378 e. The van der Waals surface area contributed by atoms with Crippen molar-refractivity contribution in [2.24, 2.45) is 0 Å². The molecule has 2 N–H and O–H groups in total. The van der Waals surface area contributed by atoms with Gasteiger partial charge >= 0.3 is 6.18 Å². The lowest BCUT2D eigenvalue weighted by molar-refractivity contribution is -0.137. The quantitative estimate of drug-likeness (QED) is 0.865. The molecular weight excluding hydrogens is 247 g/mol. The molecule has 1 unspecified atom stereocenters. The second-order valence-corrected chi connectivity index (χ2v) is 4.11. The van der Waals surface area contributed by atoms with Crippen molar-refractivity contribution in [1.82, 2.24) is 10.3 Å². The summed E-state index contributed by atoms with van der Waals surface area (Å²) in [5.74, 6) is 0.416. The molecule has 1 aliphatic heterocycles. The number of methoxy groups -OCH3 is 1. The van der Waals surface area contributed by atoms with Gasteiger partial charge in [-0.3, -0.25) is 0 Å². The molecule has 1 aromatic heterocycles. The number of alkyl halides is 3. The summed E-state index contributed by atoms with van der Waals surface area (Å²) >= 11 is 0. The maximum atomic E-state index is 12.4. The van der Waals surface area contributed by atoms with Crippen LogP contribution in [0.15, 0.2) is 18.3 Å². The van der Waals surface area contributed by atoms with Crippen LogP contribution in [0.4, 0.5) is 19.0 Å². The molecule has 18 heavy (non-hydrogen) atoms. The standard InChI is InChI=1S/C11H14F3N3O/c1-18-9-6-15-5-8(9)17-10-3-2-7(4-16-10)11(12,13)14/h2-4,8-9,15H,5-6H2,1H3,(H,16,17)/t8?,9-/m1/s1. The van der Waals surface area contributed by atoms with Gasteiger partial charge in [-0.1, -0.05) is 0 Å². The van der Waals surface area contributed by atoms with Crippen LogP contribution in [0.5, 0.6) is 0 Å². The summed E-state index contributed by atoms with van der Waals surface area (Å²) in [6.45, 7) is 1.41. The van der Waals surface area contributed by atoms with Crippen LogP contribution in [0.3, 0.4) is 0 Å². The first-order valence-corrected chi connectivity index (χ1v) is 5.54. The summed E-state index contributed by atoms with van der Waals surface area (Å²) < 4.78 is 42.3. The molecule has 4 nitrogen and oxygen atoms in total. The summed E-state index contributed by atoms with van der Waals surface area (Å²) in [6, 6.07) is 2.35. The predicted octanol–water partition coefficient (Wildman–Crippen LogP) is 1.50. The van der Waals surface area contributed by atoms with Gasteiger partial charge in [0.1, 0.15) is 5.82 Å². The Morgan fingerprint density at radius 2 is 2.17 bits per heavy atom. The Labute approximate surface area is 103 Å². The lowest BCUT2D eigenvalue weighted by Crippen LogP contribution is -2.33. The van der Waals surface area contributed by atoms with Crippen molar-refractivity contribution < 1.29 is 17.9 Å². The van der Waals surface area contributed by atoms with Gasteiger partial charge in [-0.05, 0) is 12.1 Å². The number of anilines is 1. The van der Waals surface area contributed by atoms with E-state index >= 15 is 0 Å². The average molecular weight is 261 g/mol. The van der Waals surface area contributed by atoms with E-state index in [0.717, 1.165) is 18.8 Å². The zero-order chi connectivity index (χ0) is 13.2. The van der Waals surface area contributed by atoms with Gasteiger partial charge in [0, 0.05) is 26.4 Å². The van der Waals surface area contributed by atoms with Crippen molar-refractivity contribution in [3.05, 3.63) is 23.9 Å². The highest BCUT2D eigenvalue weighted by Gasteiger charge is 2.31. The molecule has 0 aromatic carbocycles. The summed E-state index contributed by atoms with van der Waals surface area (Å²) in [5, 5.41) is 6.19. The van der Waals surface area contributed by atoms with Crippen molar-refractivity contribution in [1.29, 1.82) is 0 Å². The molecule has 0 aliphatic carbocycles. The summed E-state index contributed by atoms with van der Waals surface area (Å²) in [4.78, 5) is 3.76. The number of halogens is 3. The Balaban J connectivity index is 2.02. The molecule has 0 bridgehead atoms. The molecular formula is C11H14F3N3O. The van der Waals surface area contributed by atoms with Crippen molar-refractivity contribution >= 4 is 5.82 Å². The Morgan fingerprint density at radius 1 is 1.39 bits per heavy atom. The molecule has 0 spiro atoms. The maximum absolute atomic E-state index is 12.4. The second-order valence-electron chi connectivity index (χ2n) is 4.11. The van der Waals surface area contributed by atoms with Gasteiger partial charge in [-0.15, -0.1) is 0 Å². The van der Waals surface area contributed by atoms with Gasteiger partial charge in [0.05, 0.1) is 17.7 Å². The molecule has 0 radical (unpaired) electrons. The summed E-state index contributed by atoms with van der Waals surface area (Å²) in [6.07, 6.45) is -3.53. The molecule has 100 valence electrons. The van der Waals surface area contributed by atoms with E-state index in [1.807, 2.05) is 0 Å². The highest BCUT2D eigenvalue weighted by atomic mass is 19.4. The van der Waals surface area contributed by atoms with Gasteiger partial charge in [0.25, 0.3) is 0 Å². The van der Waals surface area contributed by atoms with E-state index in [1.165, 1.54) is 6.07 Å². The number of aromatic nitrogens is 1. The number of pyridine rings is 1. The number of nitrogens with zero attached hydrogens (tertiary/aromatic N) is 1. The number of rotatable bonds is 3. The zero-order valence-corrected chi connectivity index (χ0v) is 9.79. The zero-order valence-electron chi connectivity index (χ0n) is 9.79. The molecule has 2 atom stereocenters. The highest BCUT2D eigenvalue weighted by molar-refractivity contribution is 5.38. The van der Waals surface area contributed by atoms with Crippen LogP contribution < -0.4 is 10.6 Å². The molecule has 1 aromatic rings. The Bertz CT molecular complexity index is 394. The molecule has 0 amide bonds. The van der Waals surface area contributed by atoms with Crippen LogP contribution in [0, 0.1) is 0 Å². The van der Waals surface area contributed by atoms with Crippen molar-refractivity contribution in [2.75, 3.05) is 25.5 Å². The van der Waals surface area contributed by atoms with E-state index < -0.39 is 11.7 Å². The number of ether oxygens (including phenoxy) is 1. The topological polar surface area (TPSA) is 46.2 Å². The van der Waals surface area contributed by atoms with Gasteiger partial charge < -0.3 is 15.4 Å². The fourth-order valence-corrected chi connectivity index (χ4v) is 1.88. The van der Waals surface area contributed by atoms with Crippen LogP contribution >= 0.6 is 0 Å². The van der Waals surface area contributed by atoms with E-state index in [4.69, 9.17) is 4.74 Å². The van der Waals surface area contributed by atoms with E-state index in [1.54, 1.807) is 7.11 Å². The Kier molecular flexibility index (Phi) is 3.72. The third-order valence-electron chi connectivity index (χ3n) is 2.89. The van der Waals surface area contributed by atoms with E-state index in [9.17, 15) is 13.2 Å². The summed E-state index contributed by atoms with van der Waals surface area (Å²) in [7, 11) is 1.60. The lowest BCUT2D eigenvalue weighted by Gasteiger charge is -2.19. The first-order chi connectivity index (χ1) is 8.50. The minimum atomic E-state index is -4.35. The normalized spacial score (nSPS) is 24.2. The largest absolute Gasteiger partial charge is 0.417 e. The molecule has 1 saturated heterocycles. The second kappa shape index (κ2) is 5.11. The van der Waals surface area contributed by atoms with Crippen LogP contribution in [0.2, 0.25) is 0 Å². The fraction of sp³-hybridized carbons (Fsp3) is 0.545. The van der Waals surface area contributed by atoms with Gasteiger partial charge in [-0.25, -0.2) is 4.98 Å². The summed E-state index contributed by atoms with van der Waals surface area (Å²) in [5.41, 5.74) is -0.749. The number of hydrogen-bond acceptors (Lipinski definition) is 4. The SMILES string of the molecule is CO[C@@H]1CNCC1Nc1ccc(C(F)(F)F)cn1. The molecule has 7 heteroatoms. The van der Waals surface area contributed by atoms with Gasteiger partial charge in [0.15, 0.2) is 0 Å². The fourth-order valence-electron chi connectivity index (χ4n) is 1.88. The molecule has 1 aliphatic rings. The third kappa shape index (κ3) is 2.91. The highest BCUT2D eigenvalue weighted by Crippen LogP contribution is 2.29. The van der Waals surface area contributed by atoms with Crippen LogP contribution in [0.1, 0.15) is 5.56 Å². The Morgan fingerprint density at radius 3 is 2.72 bits per heavy atom. The molecule has 1 fully saturated rings. The number of hydrogen-bond donors (Lipinski definition) is 2. The number of nitrogens with one attached hydrogen (secondary N) is 2. The van der Waals surface area contributed by atoms with Gasteiger partial charge in [-0.2, -0.15) is 13.2 Å². The van der Waals surface area contributed by atoms with Crippen molar-refractivity contribution in [3.8, 4) is 0 Å². The minimum absolute atomic E-state index is 0.00547. The van der Waals surface area contributed by atoms with E-state index in [-0.39, 0.29) is 12.1 Å². The van der Waals surface area contributed by atoms with Crippen LogP contribution in [-0.4, -0.2) is 37.3 Å². The average Bonchev–Trinajstić information content (AvgIpc) is 2.76. The molecule has 2 rings (SSSR count). The maximum Gasteiger partial charge on any atom is 0.417 e. The predicted molar refractivity (Wildman–Crippen MR) is 60.3 cm³/mol. The minimum Gasteiger partial charge on any atom is -0.378 e.